The first-order valence-corrected chi connectivity index (χ1v) is 13.3. The van der Waals surface area contributed by atoms with Crippen molar-refractivity contribution in [1.82, 2.24) is 0 Å². The molecule has 0 radical (unpaired) electrons. The van der Waals surface area contributed by atoms with Gasteiger partial charge in [0.25, 0.3) is 0 Å². The summed E-state index contributed by atoms with van der Waals surface area (Å²) in [6, 6.07) is 57.8. The molecule has 0 aliphatic heterocycles. The summed E-state index contributed by atoms with van der Waals surface area (Å²) in [5.74, 6) is 0. The molecule has 0 aliphatic rings. The van der Waals surface area contributed by atoms with E-state index >= 15 is 0 Å². The highest BCUT2D eigenvalue weighted by Gasteiger charge is 2.16. The quantitative estimate of drug-likeness (QED) is 0.197. The Balaban J connectivity index is 1.43. The molecule has 6 aromatic rings. The highest BCUT2D eigenvalue weighted by molar-refractivity contribution is 5.89. The second-order valence-corrected chi connectivity index (χ2v) is 9.47. The van der Waals surface area contributed by atoms with Crippen LogP contribution in [0.1, 0.15) is 11.1 Å². The van der Waals surface area contributed by atoms with E-state index in [4.69, 9.17) is 0 Å². The standard InChI is InChI=1S/C38H29N/c1-5-13-30(14-6-1)21-22-31-23-25-35(26-24-31)39(34-19-11-4-12-20-34)36-27-28-37(32-15-7-2-8-16-32)38(29-36)33-17-9-3-10-18-33/h1-29H/b22-21+. The normalized spacial score (nSPS) is 11.0. The lowest BCUT2D eigenvalue weighted by molar-refractivity contribution is 1.28. The Bertz CT molecular complexity index is 1650. The minimum absolute atomic E-state index is 1.12. The molecule has 0 N–H and O–H groups in total. The molecule has 0 saturated carbocycles. The van der Waals surface area contributed by atoms with Gasteiger partial charge in [-0.3, -0.25) is 0 Å². The van der Waals surface area contributed by atoms with E-state index in [-0.39, 0.29) is 0 Å². The van der Waals surface area contributed by atoms with Crippen LogP contribution < -0.4 is 4.90 Å². The molecular weight excluding hydrogens is 470 g/mol. The van der Waals surface area contributed by atoms with Crippen molar-refractivity contribution in [3.63, 3.8) is 0 Å². The summed E-state index contributed by atoms with van der Waals surface area (Å²) < 4.78 is 0. The van der Waals surface area contributed by atoms with Crippen molar-refractivity contribution < 1.29 is 0 Å². The zero-order valence-corrected chi connectivity index (χ0v) is 21.7. The van der Waals surface area contributed by atoms with Crippen LogP contribution in [0, 0.1) is 0 Å². The molecule has 0 aromatic heterocycles. The molecule has 0 saturated heterocycles. The van der Waals surface area contributed by atoms with Crippen molar-refractivity contribution in [1.29, 1.82) is 0 Å². The summed E-state index contributed by atoms with van der Waals surface area (Å²) in [6.07, 6.45) is 4.31. The SMILES string of the molecule is C(=C\c1ccc(N(c2ccccc2)c2ccc(-c3ccccc3)c(-c3ccccc3)c2)cc1)/c1ccccc1. The van der Waals surface area contributed by atoms with E-state index < -0.39 is 0 Å². The number of hydrogen-bond acceptors (Lipinski definition) is 1. The first-order chi connectivity index (χ1) is 19.3. The molecule has 6 rings (SSSR count). The smallest absolute Gasteiger partial charge is 0.0468 e. The van der Waals surface area contributed by atoms with Gasteiger partial charge in [-0.1, -0.05) is 140 Å². The van der Waals surface area contributed by atoms with Crippen molar-refractivity contribution in [2.75, 3.05) is 4.90 Å². The predicted molar refractivity (Wildman–Crippen MR) is 167 cm³/mol. The molecule has 0 heterocycles. The molecule has 39 heavy (non-hydrogen) atoms. The third kappa shape index (κ3) is 5.58. The van der Waals surface area contributed by atoms with Crippen molar-refractivity contribution in [2.24, 2.45) is 0 Å². The van der Waals surface area contributed by atoms with E-state index in [0.29, 0.717) is 0 Å². The molecule has 0 spiro atoms. The van der Waals surface area contributed by atoms with E-state index in [1.54, 1.807) is 0 Å². The summed E-state index contributed by atoms with van der Waals surface area (Å²) in [5.41, 5.74) is 10.6. The number of anilines is 3. The van der Waals surface area contributed by atoms with Gasteiger partial charge in [0.1, 0.15) is 0 Å². The van der Waals surface area contributed by atoms with Crippen molar-refractivity contribution in [2.45, 2.75) is 0 Å². The second-order valence-electron chi connectivity index (χ2n) is 9.47. The Labute approximate surface area is 231 Å². The van der Waals surface area contributed by atoms with Crippen LogP contribution >= 0.6 is 0 Å². The van der Waals surface area contributed by atoms with Crippen LogP contribution in [-0.2, 0) is 0 Å². The van der Waals surface area contributed by atoms with Gasteiger partial charge in [-0.15, -0.1) is 0 Å². The minimum atomic E-state index is 1.12. The summed E-state index contributed by atoms with van der Waals surface area (Å²) in [6.45, 7) is 0. The fraction of sp³-hybridized carbons (Fsp3) is 0. The van der Waals surface area contributed by atoms with Gasteiger partial charge in [0.2, 0.25) is 0 Å². The van der Waals surface area contributed by atoms with Crippen LogP contribution in [0.2, 0.25) is 0 Å². The molecular formula is C38H29N. The highest BCUT2D eigenvalue weighted by atomic mass is 15.1. The van der Waals surface area contributed by atoms with Gasteiger partial charge in [0, 0.05) is 17.1 Å². The molecule has 0 aliphatic carbocycles. The maximum Gasteiger partial charge on any atom is 0.0468 e. The first kappa shape index (κ1) is 24.2. The lowest BCUT2D eigenvalue weighted by atomic mass is 9.93. The van der Waals surface area contributed by atoms with E-state index in [2.05, 4.69) is 175 Å². The van der Waals surface area contributed by atoms with E-state index in [9.17, 15) is 0 Å². The van der Waals surface area contributed by atoms with Crippen LogP contribution in [-0.4, -0.2) is 0 Å². The molecule has 0 fully saturated rings. The number of benzene rings is 6. The van der Waals surface area contributed by atoms with Gasteiger partial charge >= 0.3 is 0 Å². The first-order valence-electron chi connectivity index (χ1n) is 13.3. The van der Waals surface area contributed by atoms with Gasteiger partial charge in [-0.25, -0.2) is 0 Å². The Morgan fingerprint density at radius 2 is 0.769 bits per heavy atom. The Morgan fingerprint density at radius 3 is 1.36 bits per heavy atom. The van der Waals surface area contributed by atoms with Crippen molar-refractivity contribution in [3.8, 4) is 22.3 Å². The molecule has 0 atom stereocenters. The Kier molecular flexibility index (Phi) is 7.14. The van der Waals surface area contributed by atoms with Crippen LogP contribution in [0.3, 0.4) is 0 Å². The molecule has 6 aromatic carbocycles. The van der Waals surface area contributed by atoms with Gasteiger partial charge < -0.3 is 4.90 Å². The molecule has 186 valence electrons. The average Bonchev–Trinajstić information content (AvgIpc) is 3.03. The van der Waals surface area contributed by atoms with Crippen LogP contribution in [0.4, 0.5) is 17.1 Å². The van der Waals surface area contributed by atoms with E-state index in [1.807, 2.05) is 6.07 Å². The molecule has 0 bridgehead atoms. The maximum atomic E-state index is 2.33. The summed E-state index contributed by atoms with van der Waals surface area (Å²) in [7, 11) is 0. The molecule has 1 nitrogen and oxygen atoms in total. The van der Waals surface area contributed by atoms with Crippen molar-refractivity contribution >= 4 is 29.2 Å². The van der Waals surface area contributed by atoms with E-state index in [0.717, 1.165) is 17.1 Å². The topological polar surface area (TPSA) is 3.24 Å². The fourth-order valence-corrected chi connectivity index (χ4v) is 4.91. The van der Waals surface area contributed by atoms with Gasteiger partial charge in [-0.2, -0.15) is 0 Å². The summed E-state index contributed by atoms with van der Waals surface area (Å²) in [5, 5.41) is 0. The number of para-hydroxylation sites is 1. The minimum Gasteiger partial charge on any atom is -0.310 e. The van der Waals surface area contributed by atoms with Crippen LogP contribution in [0.5, 0.6) is 0 Å². The number of hydrogen-bond donors (Lipinski definition) is 0. The highest BCUT2D eigenvalue weighted by Crippen LogP contribution is 2.40. The van der Waals surface area contributed by atoms with Crippen molar-refractivity contribution in [3.05, 3.63) is 175 Å². The van der Waals surface area contributed by atoms with Gasteiger partial charge in [-0.05, 0) is 69.8 Å². The lowest BCUT2D eigenvalue weighted by Gasteiger charge is -2.27. The average molecular weight is 500 g/mol. The largest absolute Gasteiger partial charge is 0.310 e. The predicted octanol–water partition coefficient (Wildman–Crippen LogP) is 10.7. The number of nitrogens with zero attached hydrogens (tertiary/aromatic N) is 1. The summed E-state index contributed by atoms with van der Waals surface area (Å²) >= 11 is 0. The third-order valence-electron chi connectivity index (χ3n) is 6.86. The molecule has 1 heteroatoms. The Morgan fingerprint density at radius 1 is 0.333 bits per heavy atom. The van der Waals surface area contributed by atoms with Gasteiger partial charge in [0.15, 0.2) is 0 Å². The van der Waals surface area contributed by atoms with Crippen LogP contribution in [0.25, 0.3) is 34.4 Å². The van der Waals surface area contributed by atoms with Gasteiger partial charge in [0.05, 0.1) is 0 Å². The van der Waals surface area contributed by atoms with Crippen LogP contribution in [0.15, 0.2) is 164 Å². The Hall–Kier alpha value is -5.14. The molecule has 0 unspecified atom stereocenters. The lowest BCUT2D eigenvalue weighted by Crippen LogP contribution is -2.10. The fourth-order valence-electron chi connectivity index (χ4n) is 4.91. The second kappa shape index (κ2) is 11.5. The third-order valence-corrected chi connectivity index (χ3v) is 6.86. The zero-order valence-electron chi connectivity index (χ0n) is 21.7. The monoisotopic (exact) mass is 499 g/mol. The molecule has 0 amide bonds. The summed E-state index contributed by atoms with van der Waals surface area (Å²) in [4.78, 5) is 2.33. The maximum absolute atomic E-state index is 2.33. The van der Waals surface area contributed by atoms with E-state index in [1.165, 1.54) is 33.4 Å². The zero-order chi connectivity index (χ0) is 26.3. The number of rotatable bonds is 7.